The third-order valence-electron chi connectivity index (χ3n) is 3.58. The minimum absolute atomic E-state index is 0.0507. The van der Waals surface area contributed by atoms with Crippen molar-refractivity contribution in [2.75, 3.05) is 4.72 Å². The number of benzene rings is 2. The molecule has 0 saturated heterocycles. The highest BCUT2D eigenvalue weighted by molar-refractivity contribution is 7.93. The monoisotopic (exact) mass is 334 g/mol. The molecule has 1 aliphatic heterocycles. The molecular weight excluding hydrogens is 327 g/mol. The minimum Gasteiger partial charge on any atom is -0.277 e. The molecule has 0 saturated carbocycles. The van der Waals surface area contributed by atoms with Crippen molar-refractivity contribution in [3.63, 3.8) is 0 Å². The molecule has 4 rings (SSSR count). The molecule has 0 radical (unpaired) electrons. The Labute approximate surface area is 130 Å². The molecule has 2 heterocycles. The maximum atomic E-state index is 13.6. The summed E-state index contributed by atoms with van der Waals surface area (Å²) in [6, 6.07) is 8.81. The van der Waals surface area contributed by atoms with Crippen molar-refractivity contribution in [2.45, 2.75) is 4.90 Å². The van der Waals surface area contributed by atoms with Crippen molar-refractivity contribution in [3.05, 3.63) is 53.4 Å². The van der Waals surface area contributed by atoms with Gasteiger partial charge in [-0.15, -0.1) is 0 Å². The molecule has 0 unspecified atom stereocenters. The van der Waals surface area contributed by atoms with Gasteiger partial charge in [0.15, 0.2) is 0 Å². The molecule has 110 valence electrons. The van der Waals surface area contributed by atoms with Crippen molar-refractivity contribution >= 4 is 38.2 Å². The lowest BCUT2D eigenvalue weighted by Gasteiger charge is -2.22. The fourth-order valence-electron chi connectivity index (χ4n) is 2.64. The van der Waals surface area contributed by atoms with Gasteiger partial charge in [0.05, 0.1) is 21.1 Å². The van der Waals surface area contributed by atoms with Gasteiger partial charge < -0.3 is 0 Å². The van der Waals surface area contributed by atoms with Gasteiger partial charge in [0.2, 0.25) is 0 Å². The number of halogens is 2. The third kappa shape index (κ3) is 1.88. The lowest BCUT2D eigenvalue weighted by molar-refractivity contribution is 0.599. The largest absolute Gasteiger partial charge is 0.277 e. The van der Waals surface area contributed by atoms with Gasteiger partial charge in [0, 0.05) is 22.7 Å². The van der Waals surface area contributed by atoms with Crippen LogP contribution in [0.3, 0.4) is 0 Å². The van der Waals surface area contributed by atoms with Crippen LogP contribution in [-0.4, -0.2) is 13.4 Å². The molecule has 2 aromatic carbocycles. The average Bonchev–Trinajstić information content (AvgIpc) is 2.46. The van der Waals surface area contributed by atoms with E-state index in [-0.39, 0.29) is 4.90 Å². The Hall–Kier alpha value is -2.18. The molecule has 0 atom stereocenters. The van der Waals surface area contributed by atoms with E-state index in [0.717, 1.165) is 6.07 Å². The molecular formula is C15H8ClFN2O2S. The van der Waals surface area contributed by atoms with E-state index in [9.17, 15) is 12.8 Å². The van der Waals surface area contributed by atoms with Gasteiger partial charge in [-0.25, -0.2) is 12.8 Å². The zero-order chi connectivity index (χ0) is 15.5. The molecule has 0 aliphatic carbocycles. The number of nitrogens with zero attached hydrogens (tertiary/aromatic N) is 1. The van der Waals surface area contributed by atoms with Crippen LogP contribution in [0.5, 0.6) is 0 Å². The molecule has 0 amide bonds. The Morgan fingerprint density at radius 3 is 2.73 bits per heavy atom. The molecule has 1 aliphatic rings. The van der Waals surface area contributed by atoms with E-state index in [1.807, 2.05) is 0 Å². The molecule has 1 aromatic heterocycles. The maximum absolute atomic E-state index is 13.6. The predicted octanol–water partition coefficient (Wildman–Crippen LogP) is 3.81. The van der Waals surface area contributed by atoms with Crippen LogP contribution < -0.4 is 4.72 Å². The first-order valence-corrected chi connectivity index (χ1v) is 8.23. The van der Waals surface area contributed by atoms with Gasteiger partial charge in [0.1, 0.15) is 5.82 Å². The summed E-state index contributed by atoms with van der Waals surface area (Å²) in [7, 11) is -3.76. The van der Waals surface area contributed by atoms with Gasteiger partial charge in [-0.3, -0.25) is 9.71 Å². The highest BCUT2D eigenvalue weighted by atomic mass is 35.5. The minimum atomic E-state index is -3.76. The Morgan fingerprint density at radius 2 is 1.91 bits per heavy atom. The number of pyridine rings is 1. The number of sulfonamides is 1. The van der Waals surface area contributed by atoms with Crippen LogP contribution in [0.25, 0.3) is 22.0 Å². The fourth-order valence-corrected chi connectivity index (χ4v) is 4.10. The second-order valence-electron chi connectivity index (χ2n) is 4.96. The summed E-state index contributed by atoms with van der Waals surface area (Å²) in [6.45, 7) is 0. The summed E-state index contributed by atoms with van der Waals surface area (Å²) < 4.78 is 40.8. The number of nitrogens with one attached hydrogen (secondary N) is 1. The predicted molar refractivity (Wildman–Crippen MR) is 83.0 cm³/mol. The lowest BCUT2D eigenvalue weighted by Crippen LogP contribution is -2.19. The zero-order valence-electron chi connectivity index (χ0n) is 11.0. The Kier molecular flexibility index (Phi) is 2.70. The maximum Gasteiger partial charge on any atom is 0.262 e. The van der Waals surface area contributed by atoms with Crippen LogP contribution in [0.4, 0.5) is 10.1 Å². The summed E-state index contributed by atoms with van der Waals surface area (Å²) in [5, 5.41) is 1.16. The fraction of sp³-hybridized carbons (Fsp3) is 0. The first kappa shape index (κ1) is 13.5. The average molecular weight is 335 g/mol. The first-order chi connectivity index (χ1) is 10.5. The van der Waals surface area contributed by atoms with Crippen LogP contribution in [0.2, 0.25) is 5.02 Å². The first-order valence-electron chi connectivity index (χ1n) is 6.37. The number of hydrogen-bond donors (Lipinski definition) is 1. The molecule has 0 spiro atoms. The second-order valence-corrected chi connectivity index (χ2v) is 7.05. The normalized spacial score (nSPS) is 15.0. The topological polar surface area (TPSA) is 59.1 Å². The van der Waals surface area contributed by atoms with E-state index >= 15 is 0 Å². The molecule has 0 fully saturated rings. The van der Waals surface area contributed by atoms with Gasteiger partial charge in [-0.05, 0) is 24.3 Å². The van der Waals surface area contributed by atoms with E-state index in [1.165, 1.54) is 18.3 Å². The number of aromatic nitrogens is 1. The Morgan fingerprint density at radius 1 is 1.09 bits per heavy atom. The smallest absolute Gasteiger partial charge is 0.262 e. The number of hydrogen-bond acceptors (Lipinski definition) is 3. The van der Waals surface area contributed by atoms with E-state index in [2.05, 4.69) is 9.71 Å². The van der Waals surface area contributed by atoms with E-state index in [0.29, 0.717) is 32.7 Å². The number of rotatable bonds is 0. The molecule has 7 heteroatoms. The van der Waals surface area contributed by atoms with Crippen molar-refractivity contribution in [1.82, 2.24) is 4.98 Å². The molecule has 22 heavy (non-hydrogen) atoms. The number of anilines is 1. The summed E-state index contributed by atoms with van der Waals surface area (Å²) >= 11 is 5.91. The van der Waals surface area contributed by atoms with Gasteiger partial charge in [-0.2, -0.15) is 0 Å². The van der Waals surface area contributed by atoms with Crippen LogP contribution in [0.15, 0.2) is 47.5 Å². The van der Waals surface area contributed by atoms with E-state index < -0.39 is 15.8 Å². The van der Waals surface area contributed by atoms with Gasteiger partial charge in [-0.1, -0.05) is 23.7 Å². The van der Waals surface area contributed by atoms with E-state index in [1.54, 1.807) is 18.2 Å². The van der Waals surface area contributed by atoms with Crippen LogP contribution >= 0.6 is 11.6 Å². The third-order valence-corrected chi connectivity index (χ3v) is 5.19. The lowest BCUT2D eigenvalue weighted by atomic mass is 10.0. The van der Waals surface area contributed by atoms with Crippen molar-refractivity contribution < 1.29 is 12.8 Å². The van der Waals surface area contributed by atoms with Crippen LogP contribution in [0.1, 0.15) is 0 Å². The summed E-state index contributed by atoms with van der Waals surface area (Å²) in [6.07, 6.45) is 1.44. The van der Waals surface area contributed by atoms with Crippen LogP contribution in [0, 0.1) is 5.82 Å². The van der Waals surface area contributed by atoms with E-state index in [4.69, 9.17) is 11.6 Å². The molecule has 4 nitrogen and oxygen atoms in total. The molecule has 3 aromatic rings. The second kappa shape index (κ2) is 4.41. The van der Waals surface area contributed by atoms with Crippen molar-refractivity contribution in [3.8, 4) is 11.1 Å². The Balaban J connectivity index is 2.14. The summed E-state index contributed by atoms with van der Waals surface area (Å²) in [4.78, 5) is 4.25. The Bertz CT molecular complexity index is 1050. The SMILES string of the molecule is O=S1(=O)Nc2c(ccc3cc(Cl)cnc23)-c2cc(F)ccc21. The molecule has 0 bridgehead atoms. The summed E-state index contributed by atoms with van der Waals surface area (Å²) in [5.74, 6) is -0.494. The molecule has 1 N–H and O–H groups in total. The van der Waals surface area contributed by atoms with Crippen molar-refractivity contribution in [1.29, 1.82) is 0 Å². The van der Waals surface area contributed by atoms with Gasteiger partial charge >= 0.3 is 0 Å². The highest BCUT2D eigenvalue weighted by Crippen LogP contribution is 2.42. The van der Waals surface area contributed by atoms with Crippen molar-refractivity contribution in [2.24, 2.45) is 0 Å². The quantitative estimate of drug-likeness (QED) is 0.680. The zero-order valence-corrected chi connectivity index (χ0v) is 12.5. The summed E-state index contributed by atoms with van der Waals surface area (Å²) in [5.41, 5.74) is 1.73. The van der Waals surface area contributed by atoms with Crippen LogP contribution in [-0.2, 0) is 10.0 Å². The number of fused-ring (bicyclic) bond motifs is 5. The highest BCUT2D eigenvalue weighted by Gasteiger charge is 2.29. The van der Waals surface area contributed by atoms with Gasteiger partial charge in [0.25, 0.3) is 10.0 Å². The standard InChI is InChI=1S/C15H8ClFN2O2S/c16-9-5-8-1-3-11-12-6-10(17)2-4-13(12)22(20,21)19-15(11)14(8)18-7-9/h1-7,19H.